The second-order valence-corrected chi connectivity index (χ2v) is 15.6. The maximum Gasteiger partial charge on any atom is 0.460 e. The fraction of sp³-hybridized carbons (Fsp3) is 1.00. The summed E-state index contributed by atoms with van der Waals surface area (Å²) in [5.41, 5.74) is 0. The first-order chi connectivity index (χ1) is 34.7. The molecule has 0 aliphatic rings. The van der Waals surface area contributed by atoms with Crippen LogP contribution in [0.3, 0.4) is 0 Å². The predicted octanol–water partition coefficient (Wildman–Crippen LogP) is 16.9. The Balaban J connectivity index is 6.52. The lowest BCUT2D eigenvalue weighted by Crippen LogP contribution is -2.78. The second-order valence-electron chi connectivity index (χ2n) is 15.6. The van der Waals surface area contributed by atoms with E-state index < -0.39 is 182 Å². The van der Waals surface area contributed by atoms with Crippen molar-refractivity contribution in [2.24, 2.45) is 0 Å². The summed E-state index contributed by atoms with van der Waals surface area (Å²) < 4.78 is 685. The molecule has 0 aromatic rings. The number of hydrogen-bond donors (Lipinski definition) is 0. The van der Waals surface area contributed by atoms with Crippen LogP contribution in [-0.2, 0) is 9.47 Å². The molecule has 0 aliphatic carbocycles. The minimum Gasteiger partial charge on any atom is -0.379 e. The third-order valence-electron chi connectivity index (χ3n) is 10.2. The van der Waals surface area contributed by atoms with Gasteiger partial charge in [0.05, 0.1) is 26.4 Å². The van der Waals surface area contributed by atoms with Gasteiger partial charge in [0, 0.05) is 12.8 Å². The van der Waals surface area contributed by atoms with Crippen LogP contribution in [0.5, 0.6) is 0 Å². The lowest BCUT2D eigenvalue weighted by molar-refractivity contribution is -0.482. The quantitative estimate of drug-likeness (QED) is 0.0549. The molecule has 82 heavy (non-hydrogen) atoms. The monoisotopic (exact) mass is 1350 g/mol. The molecule has 494 valence electrons. The second kappa shape index (κ2) is 20.5. The summed E-state index contributed by atoms with van der Waals surface area (Å²) >= 11 is 0. The van der Waals surface area contributed by atoms with Crippen LogP contribution < -0.4 is 0 Å². The molecule has 0 rings (SSSR count). The first-order valence-electron chi connectivity index (χ1n) is 18.3. The largest absolute Gasteiger partial charge is 0.460 e. The Morgan fingerprint density at radius 2 is 0.244 bits per heavy atom. The first kappa shape index (κ1) is 78.4. The van der Waals surface area contributed by atoms with Crippen LogP contribution in [0.15, 0.2) is 0 Å². The summed E-state index contributed by atoms with van der Waals surface area (Å²) in [7, 11) is 0. The van der Waals surface area contributed by atoms with Gasteiger partial charge < -0.3 is 9.47 Å². The highest BCUT2D eigenvalue weighted by Gasteiger charge is 3.02. The molecular weight excluding hydrogens is 1340 g/mol. The fourth-order valence-electron chi connectivity index (χ4n) is 5.01. The molecule has 0 spiro atoms. The Morgan fingerprint density at radius 1 is 0.134 bits per heavy atom. The first-order valence-corrected chi connectivity index (χ1v) is 18.3. The van der Waals surface area contributed by atoms with E-state index in [0.29, 0.717) is 0 Å². The van der Waals surface area contributed by atoms with Gasteiger partial charge >= 0.3 is 143 Å². The third kappa shape index (κ3) is 10.1. The van der Waals surface area contributed by atoms with E-state index in [9.17, 15) is 220 Å². The summed E-state index contributed by atoms with van der Waals surface area (Å²) in [4.78, 5) is 0. The van der Waals surface area contributed by atoms with Crippen LogP contribution in [0.4, 0.5) is 220 Å². The average molecular weight is 1350 g/mol. The summed E-state index contributed by atoms with van der Waals surface area (Å²) in [5.74, 6) is -206. The highest BCUT2D eigenvalue weighted by atomic mass is 19.5. The molecule has 0 saturated carbocycles. The van der Waals surface area contributed by atoms with Crippen molar-refractivity contribution in [3.05, 3.63) is 0 Å². The van der Waals surface area contributed by atoms with Crippen LogP contribution >= 0.6 is 0 Å². The van der Waals surface area contributed by atoms with E-state index in [2.05, 4.69) is 9.47 Å². The van der Waals surface area contributed by atoms with Gasteiger partial charge in [0.15, 0.2) is 0 Å². The molecule has 0 aromatic carbocycles. The van der Waals surface area contributed by atoms with E-state index in [4.69, 9.17) is 0 Å². The molecule has 0 unspecified atom stereocenters. The summed E-state index contributed by atoms with van der Waals surface area (Å²) in [6, 6.07) is 0. The van der Waals surface area contributed by atoms with Crippen LogP contribution in [0, 0.1) is 0 Å². The van der Waals surface area contributed by atoms with Crippen molar-refractivity contribution in [2.45, 2.75) is 155 Å². The lowest BCUT2D eigenvalue weighted by atomic mass is 9.84. The lowest BCUT2D eigenvalue weighted by Gasteiger charge is -2.45. The number of halogens is 50. The minimum absolute atomic E-state index is 2.10. The third-order valence-corrected chi connectivity index (χ3v) is 10.2. The summed E-state index contributed by atoms with van der Waals surface area (Å²) in [6.07, 6.45) is -24.1. The Morgan fingerprint density at radius 3 is 0.366 bits per heavy atom. The van der Waals surface area contributed by atoms with Crippen LogP contribution in [0.25, 0.3) is 0 Å². The smallest absolute Gasteiger partial charge is 0.379 e. The molecule has 2 nitrogen and oxygen atoms in total. The van der Waals surface area contributed by atoms with Gasteiger partial charge in [-0.1, -0.05) is 0 Å². The molecule has 0 heterocycles. The van der Waals surface area contributed by atoms with Gasteiger partial charge in [-0.2, -0.15) is 220 Å². The number of rotatable bonds is 29. The SMILES string of the molecule is FC(F)(F)C(F)(F)C(F)(F)C(F)(F)C(F)(F)C(F)(F)C(F)(F)C(F)(F)C(F)(F)C(F)(F)C(F)(F)C(F)(F)CCOCCOCCC(F)(F)C(F)(F)C(F)(F)C(F)(F)C(F)(F)C(F)(F)C(F)(F)C(F)(F)C(F)(F)C(F)(F)C(F)(F)C(F)(F)F. The number of alkyl halides is 50. The molecule has 0 fully saturated rings. The maximum atomic E-state index is 14.1. The van der Waals surface area contributed by atoms with Crippen molar-refractivity contribution >= 4 is 0 Å². The standard InChI is InChI=1S/C30H12F50O2/c31-7(32,9(35,36)11(39,40)13(43,44)15(47,48)17(51,52)19(55,56)21(59,60)23(63,64)25(67,68)27(71,72)29(75,76)77)1-3-81-5-6-82-4-2-8(33,34)10(37,38)12(41,42)14(45,46)16(49,50)18(53,54)20(57,58)22(61,62)24(65,66)26(69,70)28(73,74)30(78,79)80/h1-6H2. The summed E-state index contributed by atoms with van der Waals surface area (Å²) in [5, 5.41) is 0. The van der Waals surface area contributed by atoms with Crippen molar-refractivity contribution in [1.29, 1.82) is 0 Å². The Labute approximate surface area is 412 Å². The summed E-state index contributed by atoms with van der Waals surface area (Å²) in [6.45, 7) is -9.74. The highest BCUT2D eigenvalue weighted by Crippen LogP contribution is 2.71. The Bertz CT molecular complexity index is 2030. The van der Waals surface area contributed by atoms with E-state index in [1.165, 1.54) is 0 Å². The van der Waals surface area contributed by atoms with Crippen molar-refractivity contribution < 1.29 is 229 Å². The average Bonchev–Trinajstić information content (AvgIpc) is 3.24. The van der Waals surface area contributed by atoms with Gasteiger partial charge in [-0.25, -0.2) is 0 Å². The van der Waals surface area contributed by atoms with Crippen molar-refractivity contribution in [2.75, 3.05) is 26.4 Å². The molecule has 0 bridgehead atoms. The van der Waals surface area contributed by atoms with Gasteiger partial charge in [0.25, 0.3) is 0 Å². The molecule has 0 radical (unpaired) electrons. The molecule has 0 N–H and O–H groups in total. The van der Waals surface area contributed by atoms with E-state index >= 15 is 0 Å². The van der Waals surface area contributed by atoms with Crippen LogP contribution in [0.1, 0.15) is 12.8 Å². The molecule has 0 aliphatic heterocycles. The fourth-order valence-corrected chi connectivity index (χ4v) is 5.01. The van der Waals surface area contributed by atoms with Gasteiger partial charge in [0.1, 0.15) is 0 Å². The van der Waals surface area contributed by atoms with Gasteiger partial charge in [-0.3, -0.25) is 0 Å². The molecule has 0 amide bonds. The van der Waals surface area contributed by atoms with Gasteiger partial charge in [0.2, 0.25) is 0 Å². The molecule has 52 heteroatoms. The molecule has 0 saturated heterocycles. The molecule has 0 atom stereocenters. The van der Waals surface area contributed by atoms with E-state index in [1.807, 2.05) is 0 Å². The minimum atomic E-state index is -9.96. The van der Waals surface area contributed by atoms with E-state index in [0.717, 1.165) is 0 Å². The van der Waals surface area contributed by atoms with E-state index in [-0.39, 0.29) is 0 Å². The van der Waals surface area contributed by atoms with Crippen LogP contribution in [0.2, 0.25) is 0 Å². The number of ether oxygens (including phenoxy) is 2. The van der Waals surface area contributed by atoms with Gasteiger partial charge in [-0.15, -0.1) is 0 Å². The van der Waals surface area contributed by atoms with Crippen molar-refractivity contribution in [1.82, 2.24) is 0 Å². The maximum absolute atomic E-state index is 14.1. The molecular formula is C30H12F50O2. The highest BCUT2D eigenvalue weighted by molar-refractivity contribution is 5.22. The Hall–Kier alpha value is -3.58. The van der Waals surface area contributed by atoms with Crippen LogP contribution in [-0.4, -0.2) is 169 Å². The Kier molecular flexibility index (Phi) is 19.6. The zero-order valence-corrected chi connectivity index (χ0v) is 36.0. The normalized spacial score (nSPS) is 17.0. The zero-order chi connectivity index (χ0) is 67.7. The van der Waals surface area contributed by atoms with Gasteiger partial charge in [-0.05, 0) is 0 Å². The van der Waals surface area contributed by atoms with E-state index in [1.54, 1.807) is 0 Å². The van der Waals surface area contributed by atoms with Crippen molar-refractivity contribution in [3.8, 4) is 0 Å². The number of hydrogen-bond acceptors (Lipinski definition) is 2. The predicted molar refractivity (Wildman–Crippen MR) is 152 cm³/mol. The zero-order valence-electron chi connectivity index (χ0n) is 36.0. The topological polar surface area (TPSA) is 18.5 Å². The van der Waals surface area contributed by atoms with Crippen molar-refractivity contribution in [3.63, 3.8) is 0 Å². The molecule has 0 aromatic heterocycles.